The zero-order valence-corrected chi connectivity index (χ0v) is 13.7. The van der Waals surface area contributed by atoms with Gasteiger partial charge in [-0.25, -0.2) is 0 Å². The van der Waals surface area contributed by atoms with Gasteiger partial charge in [-0.15, -0.1) is 0 Å². The molecule has 1 saturated heterocycles. The number of aryl methyl sites for hydroxylation is 2. The molecule has 0 aliphatic carbocycles. The van der Waals surface area contributed by atoms with Crippen molar-refractivity contribution in [1.82, 2.24) is 5.32 Å². The van der Waals surface area contributed by atoms with Crippen LogP contribution in [0.5, 0.6) is 0 Å². The first kappa shape index (κ1) is 16.5. The molecule has 5 nitrogen and oxygen atoms in total. The molecular weight excluding hydrogens is 280 g/mol. The summed E-state index contributed by atoms with van der Waals surface area (Å²) in [6.07, 6.45) is -0.179. The number of amides is 2. The Hall–Kier alpha value is -1.88. The van der Waals surface area contributed by atoms with Crippen LogP contribution < -0.4 is 10.2 Å². The highest BCUT2D eigenvalue weighted by molar-refractivity contribution is 5.95. The lowest BCUT2D eigenvalue weighted by atomic mass is 10.1. The number of carbonyl (C=O) groups excluding carboxylic acids is 2. The van der Waals surface area contributed by atoms with Gasteiger partial charge in [0.25, 0.3) is 5.91 Å². The van der Waals surface area contributed by atoms with Gasteiger partial charge in [-0.2, -0.15) is 0 Å². The first-order chi connectivity index (χ1) is 10.4. The van der Waals surface area contributed by atoms with Crippen LogP contribution in [0, 0.1) is 19.8 Å². The zero-order valence-electron chi connectivity index (χ0n) is 13.7. The van der Waals surface area contributed by atoms with Crippen molar-refractivity contribution in [2.75, 3.05) is 24.6 Å². The quantitative estimate of drug-likeness (QED) is 0.923. The molecule has 0 saturated carbocycles. The number of carbonyl (C=O) groups is 2. The number of rotatable bonds is 4. The van der Waals surface area contributed by atoms with E-state index in [2.05, 4.69) is 11.4 Å². The Bertz CT molecular complexity index is 549. The average Bonchev–Trinajstić information content (AvgIpc) is 2.44. The van der Waals surface area contributed by atoms with E-state index < -0.39 is 0 Å². The van der Waals surface area contributed by atoms with E-state index >= 15 is 0 Å². The van der Waals surface area contributed by atoms with Crippen LogP contribution in [0.15, 0.2) is 18.2 Å². The molecule has 1 fully saturated rings. The van der Waals surface area contributed by atoms with Crippen molar-refractivity contribution in [3.63, 3.8) is 0 Å². The van der Waals surface area contributed by atoms with Crippen molar-refractivity contribution < 1.29 is 14.3 Å². The predicted molar refractivity (Wildman–Crippen MR) is 85.9 cm³/mol. The maximum absolute atomic E-state index is 12.1. The summed E-state index contributed by atoms with van der Waals surface area (Å²) in [5.74, 6) is -0.101. The van der Waals surface area contributed by atoms with Crippen LogP contribution in [-0.2, 0) is 14.3 Å². The highest BCUT2D eigenvalue weighted by Crippen LogP contribution is 2.21. The summed E-state index contributed by atoms with van der Waals surface area (Å²) in [6.45, 7) is 8.66. The van der Waals surface area contributed by atoms with Crippen LogP contribution >= 0.6 is 0 Å². The van der Waals surface area contributed by atoms with E-state index in [0.717, 1.165) is 16.8 Å². The van der Waals surface area contributed by atoms with Gasteiger partial charge >= 0.3 is 0 Å². The predicted octanol–water partition coefficient (Wildman–Crippen LogP) is 1.81. The molecule has 2 rings (SSSR count). The minimum Gasteiger partial charge on any atom is -0.365 e. The maximum Gasteiger partial charge on any atom is 0.253 e. The Labute approximate surface area is 131 Å². The van der Waals surface area contributed by atoms with E-state index in [9.17, 15) is 9.59 Å². The van der Waals surface area contributed by atoms with Gasteiger partial charge < -0.3 is 15.0 Å². The largest absolute Gasteiger partial charge is 0.365 e. The normalized spacial score (nSPS) is 18.7. The van der Waals surface area contributed by atoms with Crippen molar-refractivity contribution in [3.8, 4) is 0 Å². The lowest BCUT2D eigenvalue weighted by molar-refractivity contribution is -0.130. The summed E-state index contributed by atoms with van der Waals surface area (Å²) >= 11 is 0. The van der Waals surface area contributed by atoms with Crippen molar-refractivity contribution >= 4 is 17.5 Å². The van der Waals surface area contributed by atoms with E-state index in [-0.39, 0.29) is 30.4 Å². The van der Waals surface area contributed by atoms with E-state index in [0.29, 0.717) is 13.1 Å². The monoisotopic (exact) mass is 304 g/mol. The number of hydrogen-bond donors (Lipinski definition) is 1. The van der Waals surface area contributed by atoms with Crippen LogP contribution in [-0.4, -0.2) is 37.6 Å². The first-order valence-corrected chi connectivity index (χ1v) is 7.65. The number of anilines is 1. The standard InChI is InChI=1S/C17H24N2O3/c1-11(2)17(21)18-8-15-9-19(16(20)10-22-15)14-6-12(3)5-13(4)7-14/h5-7,11,15H,8-10H2,1-4H3,(H,18,21). The number of ether oxygens (including phenoxy) is 1. The van der Waals surface area contributed by atoms with E-state index in [1.54, 1.807) is 4.90 Å². The second kappa shape index (κ2) is 6.92. The summed E-state index contributed by atoms with van der Waals surface area (Å²) in [6, 6.07) is 6.08. The molecule has 1 heterocycles. The summed E-state index contributed by atoms with van der Waals surface area (Å²) in [5, 5.41) is 2.86. The van der Waals surface area contributed by atoms with Gasteiger partial charge in [0.15, 0.2) is 0 Å². The molecule has 0 spiro atoms. The molecule has 1 N–H and O–H groups in total. The Morgan fingerprint density at radius 3 is 2.55 bits per heavy atom. The third-order valence-electron chi connectivity index (χ3n) is 3.68. The molecule has 1 aromatic carbocycles. The van der Waals surface area contributed by atoms with Crippen LogP contribution in [0.1, 0.15) is 25.0 Å². The third kappa shape index (κ3) is 4.07. The molecule has 0 radical (unpaired) electrons. The van der Waals surface area contributed by atoms with Gasteiger partial charge in [0.2, 0.25) is 5.91 Å². The molecule has 1 atom stereocenters. The van der Waals surface area contributed by atoms with Crippen molar-refractivity contribution in [3.05, 3.63) is 29.3 Å². The Kier molecular flexibility index (Phi) is 5.19. The van der Waals surface area contributed by atoms with Crippen molar-refractivity contribution in [1.29, 1.82) is 0 Å². The second-order valence-electron chi connectivity index (χ2n) is 6.18. The Morgan fingerprint density at radius 2 is 1.95 bits per heavy atom. The summed E-state index contributed by atoms with van der Waals surface area (Å²) in [5.41, 5.74) is 3.14. The number of morpholine rings is 1. The average molecular weight is 304 g/mol. The molecule has 5 heteroatoms. The molecule has 1 aromatic rings. The Morgan fingerprint density at radius 1 is 1.32 bits per heavy atom. The lowest BCUT2D eigenvalue weighted by Crippen LogP contribution is -2.51. The summed E-state index contributed by atoms with van der Waals surface area (Å²) in [4.78, 5) is 25.5. The molecule has 1 unspecified atom stereocenters. The number of nitrogens with one attached hydrogen (secondary N) is 1. The fourth-order valence-electron chi connectivity index (χ4n) is 2.52. The molecule has 22 heavy (non-hydrogen) atoms. The minimum absolute atomic E-state index is 0.00144. The van der Waals surface area contributed by atoms with Crippen LogP contribution in [0.2, 0.25) is 0 Å². The fraction of sp³-hybridized carbons (Fsp3) is 0.529. The SMILES string of the molecule is Cc1cc(C)cc(N2CC(CNC(=O)C(C)C)OCC2=O)c1. The highest BCUT2D eigenvalue weighted by atomic mass is 16.5. The zero-order chi connectivity index (χ0) is 16.3. The molecule has 0 bridgehead atoms. The van der Waals surface area contributed by atoms with Crippen LogP contribution in [0.4, 0.5) is 5.69 Å². The van der Waals surface area contributed by atoms with Gasteiger partial charge in [-0.3, -0.25) is 9.59 Å². The second-order valence-corrected chi connectivity index (χ2v) is 6.18. The Balaban J connectivity index is 2.05. The lowest BCUT2D eigenvalue weighted by Gasteiger charge is -2.33. The maximum atomic E-state index is 12.1. The molecule has 120 valence electrons. The fourth-order valence-corrected chi connectivity index (χ4v) is 2.52. The van der Waals surface area contributed by atoms with Gasteiger partial charge in [0, 0.05) is 18.2 Å². The topological polar surface area (TPSA) is 58.6 Å². The molecule has 0 aromatic heterocycles. The molecule has 2 amide bonds. The van der Waals surface area contributed by atoms with Gasteiger partial charge in [-0.1, -0.05) is 19.9 Å². The molecular formula is C17H24N2O3. The highest BCUT2D eigenvalue weighted by Gasteiger charge is 2.28. The van der Waals surface area contributed by atoms with Crippen molar-refractivity contribution in [2.24, 2.45) is 5.92 Å². The van der Waals surface area contributed by atoms with Gasteiger partial charge in [-0.05, 0) is 37.1 Å². The first-order valence-electron chi connectivity index (χ1n) is 7.65. The van der Waals surface area contributed by atoms with Crippen LogP contribution in [0.25, 0.3) is 0 Å². The number of benzene rings is 1. The van der Waals surface area contributed by atoms with E-state index in [4.69, 9.17) is 4.74 Å². The minimum atomic E-state index is -0.179. The van der Waals surface area contributed by atoms with Gasteiger partial charge in [0.05, 0.1) is 12.6 Å². The van der Waals surface area contributed by atoms with Crippen LogP contribution in [0.3, 0.4) is 0 Å². The number of nitrogens with zero attached hydrogens (tertiary/aromatic N) is 1. The van der Waals surface area contributed by atoms with Crippen molar-refractivity contribution in [2.45, 2.75) is 33.8 Å². The number of hydrogen-bond acceptors (Lipinski definition) is 3. The molecule has 1 aliphatic heterocycles. The third-order valence-corrected chi connectivity index (χ3v) is 3.68. The smallest absolute Gasteiger partial charge is 0.253 e. The molecule has 1 aliphatic rings. The summed E-state index contributed by atoms with van der Waals surface area (Å²) < 4.78 is 5.53. The van der Waals surface area contributed by atoms with Gasteiger partial charge in [0.1, 0.15) is 6.61 Å². The van der Waals surface area contributed by atoms with E-state index in [1.807, 2.05) is 39.8 Å². The van der Waals surface area contributed by atoms with E-state index in [1.165, 1.54) is 0 Å². The summed E-state index contributed by atoms with van der Waals surface area (Å²) in [7, 11) is 0.